The molecule has 3 heterocycles. The van der Waals surface area contributed by atoms with Gasteiger partial charge in [0.2, 0.25) is 5.91 Å². The van der Waals surface area contributed by atoms with Crippen molar-refractivity contribution in [2.75, 3.05) is 26.2 Å². The van der Waals surface area contributed by atoms with Crippen molar-refractivity contribution in [3.05, 3.63) is 36.2 Å². The molecule has 6 nitrogen and oxygen atoms in total. The van der Waals surface area contributed by atoms with E-state index in [4.69, 9.17) is 0 Å². The van der Waals surface area contributed by atoms with Gasteiger partial charge in [0.1, 0.15) is 5.52 Å². The first-order valence-electron chi connectivity index (χ1n) is 9.43. The molecule has 6 heteroatoms. The molecular weight excluding hydrogens is 328 g/mol. The lowest BCUT2D eigenvalue weighted by molar-refractivity contribution is -0.145. The SMILES string of the molecule is CCCN1CCC[C@@]2(CCN(C(=O)c3cccc4nccnc34)C2)C1=O. The molecule has 1 spiro atoms. The fourth-order valence-corrected chi connectivity index (χ4v) is 4.40. The fourth-order valence-electron chi connectivity index (χ4n) is 4.40. The minimum atomic E-state index is -0.390. The summed E-state index contributed by atoms with van der Waals surface area (Å²) < 4.78 is 0. The second kappa shape index (κ2) is 6.67. The average Bonchev–Trinajstić information content (AvgIpc) is 3.10. The van der Waals surface area contributed by atoms with Crippen molar-refractivity contribution in [3.63, 3.8) is 0 Å². The molecule has 0 aliphatic carbocycles. The molecule has 0 unspecified atom stereocenters. The van der Waals surface area contributed by atoms with E-state index in [1.807, 2.05) is 21.9 Å². The quantitative estimate of drug-likeness (QED) is 0.851. The van der Waals surface area contributed by atoms with Crippen molar-refractivity contribution in [3.8, 4) is 0 Å². The Labute approximate surface area is 153 Å². The number of carbonyl (C=O) groups excluding carboxylic acids is 2. The second-order valence-electron chi connectivity index (χ2n) is 7.38. The molecule has 1 aromatic heterocycles. The lowest BCUT2D eigenvalue weighted by atomic mass is 9.78. The summed E-state index contributed by atoms with van der Waals surface area (Å²) in [4.78, 5) is 38.6. The molecule has 26 heavy (non-hydrogen) atoms. The van der Waals surface area contributed by atoms with E-state index in [2.05, 4.69) is 16.9 Å². The van der Waals surface area contributed by atoms with Gasteiger partial charge in [0.25, 0.3) is 5.91 Å². The Morgan fingerprint density at radius 1 is 1.19 bits per heavy atom. The topological polar surface area (TPSA) is 66.4 Å². The smallest absolute Gasteiger partial charge is 0.256 e. The summed E-state index contributed by atoms with van der Waals surface area (Å²) >= 11 is 0. The number of rotatable bonds is 3. The van der Waals surface area contributed by atoms with Crippen LogP contribution in [0.25, 0.3) is 11.0 Å². The Morgan fingerprint density at radius 2 is 2.04 bits per heavy atom. The van der Waals surface area contributed by atoms with Crippen LogP contribution in [0.15, 0.2) is 30.6 Å². The highest BCUT2D eigenvalue weighted by atomic mass is 16.2. The number of carbonyl (C=O) groups is 2. The van der Waals surface area contributed by atoms with E-state index in [1.54, 1.807) is 18.5 Å². The van der Waals surface area contributed by atoms with Crippen molar-refractivity contribution < 1.29 is 9.59 Å². The standard InChI is InChI=1S/C20H24N4O2/c1-2-11-23-12-4-7-20(19(23)26)8-13-24(14-20)18(25)15-5-3-6-16-17(15)22-10-9-21-16/h3,5-6,9-10H,2,4,7-8,11-14H2,1H3/t20-/m0/s1. The predicted octanol–water partition coefficient (Wildman–Crippen LogP) is 2.49. The van der Waals surface area contributed by atoms with Crippen LogP contribution in [0.2, 0.25) is 0 Å². The molecule has 2 fully saturated rings. The van der Waals surface area contributed by atoms with Crippen LogP contribution in [0, 0.1) is 5.41 Å². The molecule has 2 amide bonds. The van der Waals surface area contributed by atoms with Crippen LogP contribution < -0.4 is 0 Å². The van der Waals surface area contributed by atoms with Gasteiger partial charge in [-0.15, -0.1) is 0 Å². The molecule has 0 saturated carbocycles. The molecule has 4 rings (SSSR count). The Morgan fingerprint density at radius 3 is 2.88 bits per heavy atom. The van der Waals surface area contributed by atoms with Gasteiger partial charge in [0, 0.05) is 38.6 Å². The zero-order chi connectivity index (χ0) is 18.1. The van der Waals surface area contributed by atoms with E-state index in [9.17, 15) is 9.59 Å². The van der Waals surface area contributed by atoms with Crippen LogP contribution in [0.5, 0.6) is 0 Å². The molecule has 0 bridgehead atoms. The van der Waals surface area contributed by atoms with Gasteiger partial charge in [-0.05, 0) is 37.8 Å². The third-order valence-electron chi connectivity index (χ3n) is 5.69. The zero-order valence-corrected chi connectivity index (χ0v) is 15.1. The van der Waals surface area contributed by atoms with Crippen LogP contribution in [0.1, 0.15) is 43.0 Å². The number of nitrogens with zero attached hydrogens (tertiary/aromatic N) is 4. The summed E-state index contributed by atoms with van der Waals surface area (Å²) in [7, 11) is 0. The highest BCUT2D eigenvalue weighted by Gasteiger charge is 2.49. The van der Waals surface area contributed by atoms with Crippen molar-refractivity contribution >= 4 is 22.8 Å². The van der Waals surface area contributed by atoms with Crippen LogP contribution in [-0.4, -0.2) is 57.8 Å². The van der Waals surface area contributed by atoms with Crippen molar-refractivity contribution in [1.82, 2.24) is 19.8 Å². The van der Waals surface area contributed by atoms with Crippen molar-refractivity contribution in [2.24, 2.45) is 5.41 Å². The van der Waals surface area contributed by atoms with Crippen molar-refractivity contribution in [2.45, 2.75) is 32.6 Å². The predicted molar refractivity (Wildman–Crippen MR) is 98.6 cm³/mol. The third-order valence-corrected chi connectivity index (χ3v) is 5.69. The van der Waals surface area contributed by atoms with E-state index in [0.29, 0.717) is 24.2 Å². The van der Waals surface area contributed by atoms with Gasteiger partial charge in [-0.2, -0.15) is 0 Å². The summed E-state index contributed by atoms with van der Waals surface area (Å²) in [5.41, 5.74) is 1.53. The first-order chi connectivity index (χ1) is 12.6. The summed E-state index contributed by atoms with van der Waals surface area (Å²) in [6.07, 6.45) is 6.87. The number of fused-ring (bicyclic) bond motifs is 1. The zero-order valence-electron chi connectivity index (χ0n) is 15.1. The highest BCUT2D eigenvalue weighted by molar-refractivity contribution is 6.05. The second-order valence-corrected chi connectivity index (χ2v) is 7.38. The number of amides is 2. The average molecular weight is 352 g/mol. The fraction of sp³-hybridized carbons (Fsp3) is 0.500. The maximum absolute atomic E-state index is 13.1. The number of likely N-dealkylation sites (tertiary alicyclic amines) is 2. The molecular formula is C20H24N4O2. The number of para-hydroxylation sites is 1. The van der Waals surface area contributed by atoms with Crippen LogP contribution >= 0.6 is 0 Å². The minimum Gasteiger partial charge on any atom is -0.342 e. The Balaban J connectivity index is 1.58. The van der Waals surface area contributed by atoms with E-state index in [1.165, 1.54) is 0 Å². The van der Waals surface area contributed by atoms with Gasteiger partial charge in [-0.1, -0.05) is 13.0 Å². The molecule has 0 N–H and O–H groups in total. The number of hydrogen-bond donors (Lipinski definition) is 0. The molecule has 2 saturated heterocycles. The maximum Gasteiger partial charge on any atom is 0.256 e. The maximum atomic E-state index is 13.1. The Kier molecular flexibility index (Phi) is 4.34. The molecule has 1 aromatic carbocycles. The minimum absolute atomic E-state index is 0.0478. The van der Waals surface area contributed by atoms with Gasteiger partial charge in [0.05, 0.1) is 16.5 Å². The molecule has 136 valence electrons. The van der Waals surface area contributed by atoms with E-state index in [-0.39, 0.29) is 17.2 Å². The van der Waals surface area contributed by atoms with Crippen molar-refractivity contribution in [1.29, 1.82) is 0 Å². The van der Waals surface area contributed by atoms with Gasteiger partial charge in [-0.3, -0.25) is 19.6 Å². The van der Waals surface area contributed by atoms with E-state index in [0.717, 1.165) is 44.3 Å². The molecule has 0 radical (unpaired) electrons. The number of piperidine rings is 1. The van der Waals surface area contributed by atoms with Gasteiger partial charge < -0.3 is 9.80 Å². The summed E-state index contributed by atoms with van der Waals surface area (Å²) in [5.74, 6) is 0.187. The van der Waals surface area contributed by atoms with E-state index < -0.39 is 0 Å². The molecule has 1 atom stereocenters. The molecule has 2 aliphatic heterocycles. The molecule has 2 aliphatic rings. The Hall–Kier alpha value is -2.50. The normalized spacial score (nSPS) is 23.2. The largest absolute Gasteiger partial charge is 0.342 e. The van der Waals surface area contributed by atoms with Gasteiger partial charge >= 0.3 is 0 Å². The summed E-state index contributed by atoms with van der Waals surface area (Å²) in [6.45, 7) is 4.90. The monoisotopic (exact) mass is 352 g/mol. The first-order valence-corrected chi connectivity index (χ1v) is 9.43. The number of hydrogen-bond acceptors (Lipinski definition) is 4. The van der Waals surface area contributed by atoms with Gasteiger partial charge in [-0.25, -0.2) is 0 Å². The third kappa shape index (κ3) is 2.73. The van der Waals surface area contributed by atoms with Crippen LogP contribution in [0.3, 0.4) is 0 Å². The van der Waals surface area contributed by atoms with Crippen LogP contribution in [0.4, 0.5) is 0 Å². The number of aromatic nitrogens is 2. The lowest BCUT2D eigenvalue weighted by Crippen LogP contribution is -2.50. The first kappa shape index (κ1) is 16.9. The van der Waals surface area contributed by atoms with E-state index >= 15 is 0 Å². The highest BCUT2D eigenvalue weighted by Crippen LogP contribution is 2.40. The number of benzene rings is 1. The summed E-state index contributed by atoms with van der Waals surface area (Å²) in [6, 6.07) is 5.50. The Bertz CT molecular complexity index is 845. The molecule has 2 aromatic rings. The van der Waals surface area contributed by atoms with Gasteiger partial charge in [0.15, 0.2) is 0 Å². The lowest BCUT2D eigenvalue weighted by Gasteiger charge is -2.39. The van der Waals surface area contributed by atoms with Crippen LogP contribution in [-0.2, 0) is 4.79 Å². The summed E-state index contributed by atoms with van der Waals surface area (Å²) in [5, 5.41) is 0.